The van der Waals surface area contributed by atoms with Crippen LogP contribution in [0.1, 0.15) is 133 Å². The number of carbonyl (C=O) groups is 1. The van der Waals surface area contributed by atoms with Gasteiger partial charge in [0.25, 0.3) is 0 Å². The molecule has 1 aromatic carbocycles. The topological polar surface area (TPSA) is 26.3 Å². The van der Waals surface area contributed by atoms with Gasteiger partial charge in [-0.25, -0.2) is 0 Å². The van der Waals surface area contributed by atoms with Gasteiger partial charge in [-0.3, -0.25) is 4.79 Å². The molecule has 3 fully saturated rings. The molecule has 0 atom stereocenters. The molecule has 0 unspecified atom stereocenters. The maximum absolute atomic E-state index is 11.8. The summed E-state index contributed by atoms with van der Waals surface area (Å²) in [5, 5.41) is 0. The molecule has 2 heteroatoms. The number of hydrogen-bond acceptors (Lipinski definition) is 2. The molecule has 0 N–H and O–H groups in total. The van der Waals surface area contributed by atoms with E-state index in [1.165, 1.54) is 108 Å². The molecular formula is C33H52O2. The van der Waals surface area contributed by atoms with Crippen LogP contribution in [-0.4, -0.2) is 13.1 Å². The minimum absolute atomic E-state index is 0.0157. The number of methoxy groups -OCH3 is 1. The summed E-state index contributed by atoms with van der Waals surface area (Å²) in [7, 11) is 1.51. The van der Waals surface area contributed by atoms with Crippen LogP contribution >= 0.6 is 0 Å². The van der Waals surface area contributed by atoms with E-state index in [4.69, 9.17) is 4.74 Å². The average Bonchev–Trinajstić information content (AvgIpc) is 2.93. The van der Waals surface area contributed by atoms with E-state index in [2.05, 4.69) is 31.2 Å². The van der Waals surface area contributed by atoms with E-state index in [9.17, 15) is 4.79 Å². The summed E-state index contributed by atoms with van der Waals surface area (Å²) in [6.45, 7) is 2.32. The largest absolute Gasteiger partial charge is 0.469 e. The number of hydrogen-bond donors (Lipinski definition) is 0. The molecule has 1 aromatic rings. The van der Waals surface area contributed by atoms with Gasteiger partial charge in [0.15, 0.2) is 0 Å². The monoisotopic (exact) mass is 480 g/mol. The van der Waals surface area contributed by atoms with Crippen LogP contribution in [0.2, 0.25) is 0 Å². The van der Waals surface area contributed by atoms with Gasteiger partial charge >= 0.3 is 5.97 Å². The zero-order valence-corrected chi connectivity index (χ0v) is 22.8. The molecule has 196 valence electrons. The third-order valence-corrected chi connectivity index (χ3v) is 10.2. The summed E-state index contributed by atoms with van der Waals surface area (Å²) in [4.78, 5) is 11.8. The summed E-state index contributed by atoms with van der Waals surface area (Å²) in [5.74, 6) is 4.81. The van der Waals surface area contributed by atoms with Gasteiger partial charge in [0.1, 0.15) is 0 Å². The van der Waals surface area contributed by atoms with Crippen molar-refractivity contribution in [2.75, 3.05) is 7.11 Å². The lowest BCUT2D eigenvalue weighted by Gasteiger charge is -2.38. The Kier molecular flexibility index (Phi) is 10.6. The highest BCUT2D eigenvalue weighted by Gasteiger charge is 2.31. The summed E-state index contributed by atoms with van der Waals surface area (Å²) >= 11 is 0. The van der Waals surface area contributed by atoms with Gasteiger partial charge in [-0.05, 0) is 105 Å². The molecule has 0 bridgehead atoms. The van der Waals surface area contributed by atoms with Crippen molar-refractivity contribution in [1.29, 1.82) is 0 Å². The molecule has 2 nitrogen and oxygen atoms in total. The highest BCUT2D eigenvalue weighted by atomic mass is 16.5. The number of ether oxygens (including phenoxy) is 1. The van der Waals surface area contributed by atoms with Gasteiger partial charge in [0.2, 0.25) is 0 Å². The van der Waals surface area contributed by atoms with Crippen molar-refractivity contribution in [1.82, 2.24) is 0 Å². The number of esters is 1. The Bertz CT molecular complexity index is 729. The molecule has 0 spiro atoms. The fourth-order valence-corrected chi connectivity index (χ4v) is 7.74. The first-order valence-corrected chi connectivity index (χ1v) is 15.3. The van der Waals surface area contributed by atoms with E-state index in [0.29, 0.717) is 5.92 Å². The molecule has 3 aliphatic rings. The summed E-state index contributed by atoms with van der Waals surface area (Å²) in [6, 6.07) is 9.50. The summed E-state index contributed by atoms with van der Waals surface area (Å²) in [6.07, 6.45) is 24.6. The summed E-state index contributed by atoms with van der Waals surface area (Å²) < 4.78 is 4.94. The molecule has 0 heterocycles. The van der Waals surface area contributed by atoms with Gasteiger partial charge in [-0.15, -0.1) is 0 Å². The maximum Gasteiger partial charge on any atom is 0.308 e. The molecular weight excluding hydrogens is 428 g/mol. The second-order valence-electron chi connectivity index (χ2n) is 12.4. The van der Waals surface area contributed by atoms with E-state index < -0.39 is 0 Å². The fourth-order valence-electron chi connectivity index (χ4n) is 7.74. The van der Waals surface area contributed by atoms with Crippen molar-refractivity contribution >= 4 is 5.97 Å². The van der Waals surface area contributed by atoms with Crippen LogP contribution in [0.3, 0.4) is 0 Å². The zero-order chi connectivity index (χ0) is 24.5. The standard InChI is InChI=1S/C33H52O2/c1-3-4-5-6-25-9-15-28(16-10-25)29-17-11-26(12-18-29)7-8-27-13-19-30(20-14-27)31-21-23-32(24-22-31)33(34)35-2/h13-14,19-20,25-26,28-29,31-32H,3-12,15-18,21-24H2,1-2H3. The number of unbranched alkanes of at least 4 members (excludes halogenated alkanes) is 2. The molecule has 4 rings (SSSR count). The Morgan fingerprint density at radius 3 is 1.86 bits per heavy atom. The van der Waals surface area contributed by atoms with Crippen LogP contribution in [0.25, 0.3) is 0 Å². The Labute approximate surface area is 216 Å². The first-order valence-electron chi connectivity index (χ1n) is 15.3. The lowest BCUT2D eigenvalue weighted by molar-refractivity contribution is -0.146. The van der Waals surface area contributed by atoms with Gasteiger partial charge < -0.3 is 4.74 Å². The quantitative estimate of drug-likeness (QED) is 0.246. The van der Waals surface area contributed by atoms with Crippen LogP contribution in [0.4, 0.5) is 0 Å². The second kappa shape index (κ2) is 13.8. The number of rotatable bonds is 10. The van der Waals surface area contributed by atoms with E-state index in [-0.39, 0.29) is 11.9 Å². The van der Waals surface area contributed by atoms with Crippen molar-refractivity contribution in [3.05, 3.63) is 35.4 Å². The highest BCUT2D eigenvalue weighted by Crippen LogP contribution is 2.43. The van der Waals surface area contributed by atoms with Crippen molar-refractivity contribution in [2.45, 2.75) is 128 Å². The average molecular weight is 481 g/mol. The van der Waals surface area contributed by atoms with E-state index in [1.54, 1.807) is 0 Å². The van der Waals surface area contributed by atoms with Crippen molar-refractivity contribution < 1.29 is 9.53 Å². The third-order valence-electron chi connectivity index (χ3n) is 10.2. The lowest BCUT2D eigenvalue weighted by Crippen LogP contribution is -2.26. The van der Waals surface area contributed by atoms with E-state index >= 15 is 0 Å². The Morgan fingerprint density at radius 2 is 1.31 bits per heavy atom. The smallest absolute Gasteiger partial charge is 0.308 e. The van der Waals surface area contributed by atoms with Crippen molar-refractivity contribution in [3.8, 4) is 0 Å². The maximum atomic E-state index is 11.8. The second-order valence-corrected chi connectivity index (χ2v) is 12.4. The number of carbonyl (C=O) groups excluding carboxylic acids is 1. The van der Waals surface area contributed by atoms with Crippen LogP contribution < -0.4 is 0 Å². The summed E-state index contributed by atoms with van der Waals surface area (Å²) in [5.41, 5.74) is 2.98. The van der Waals surface area contributed by atoms with Crippen LogP contribution in [0, 0.1) is 29.6 Å². The van der Waals surface area contributed by atoms with Crippen LogP contribution in [-0.2, 0) is 16.0 Å². The molecule has 0 amide bonds. The first kappa shape index (κ1) is 26.7. The van der Waals surface area contributed by atoms with E-state index in [0.717, 1.165) is 49.4 Å². The van der Waals surface area contributed by atoms with Gasteiger partial charge in [-0.2, -0.15) is 0 Å². The Morgan fingerprint density at radius 1 is 0.743 bits per heavy atom. The minimum atomic E-state index is -0.0157. The molecule has 0 aromatic heterocycles. The number of aryl methyl sites for hydroxylation is 1. The molecule has 0 saturated heterocycles. The van der Waals surface area contributed by atoms with Gasteiger partial charge in [0, 0.05) is 0 Å². The molecule has 35 heavy (non-hydrogen) atoms. The molecule has 3 saturated carbocycles. The van der Waals surface area contributed by atoms with Crippen molar-refractivity contribution in [3.63, 3.8) is 0 Å². The van der Waals surface area contributed by atoms with Crippen LogP contribution in [0.5, 0.6) is 0 Å². The molecule has 0 aliphatic heterocycles. The van der Waals surface area contributed by atoms with Crippen LogP contribution in [0.15, 0.2) is 24.3 Å². The van der Waals surface area contributed by atoms with Crippen molar-refractivity contribution in [2.24, 2.45) is 29.6 Å². The Hall–Kier alpha value is -1.31. The molecule has 0 radical (unpaired) electrons. The lowest BCUT2D eigenvalue weighted by atomic mass is 9.68. The highest BCUT2D eigenvalue weighted by molar-refractivity contribution is 5.72. The SMILES string of the molecule is CCCCCC1CCC(C2CCC(CCc3ccc(C4CCC(C(=O)OC)CC4)cc3)CC2)CC1. The third kappa shape index (κ3) is 7.83. The van der Waals surface area contributed by atoms with Gasteiger partial charge in [-0.1, -0.05) is 82.6 Å². The minimum Gasteiger partial charge on any atom is -0.469 e. The molecule has 3 aliphatic carbocycles. The van der Waals surface area contributed by atoms with E-state index in [1.807, 2.05) is 0 Å². The first-order chi connectivity index (χ1) is 17.2. The Balaban J connectivity index is 1.12. The number of benzene rings is 1. The fraction of sp³-hybridized carbons (Fsp3) is 0.788. The predicted octanol–water partition coefficient (Wildman–Crippen LogP) is 9.26. The van der Waals surface area contributed by atoms with Gasteiger partial charge in [0.05, 0.1) is 13.0 Å². The normalized spacial score (nSPS) is 31.7. The zero-order valence-electron chi connectivity index (χ0n) is 22.8. The predicted molar refractivity (Wildman–Crippen MR) is 147 cm³/mol.